The molecule has 0 atom stereocenters. The second-order valence-corrected chi connectivity index (χ2v) is 12.6. The molecule has 0 aliphatic carbocycles. The third-order valence-electron chi connectivity index (χ3n) is 0.595. The quantitative estimate of drug-likeness (QED) is 0.593. The lowest BCUT2D eigenvalue weighted by atomic mass is 12.0. The van der Waals surface area contributed by atoms with Crippen molar-refractivity contribution < 1.29 is 0 Å². The second kappa shape index (κ2) is 3.38. The van der Waals surface area contributed by atoms with E-state index in [9.17, 15) is 0 Å². The van der Waals surface area contributed by atoms with E-state index >= 15 is 0 Å². The maximum absolute atomic E-state index is 5.91. The first-order chi connectivity index (χ1) is 3.12. The normalized spacial score (nSPS) is 14.3. The Balaban J connectivity index is 3.36. The van der Waals surface area contributed by atoms with Crippen molar-refractivity contribution in [3.05, 3.63) is 0 Å². The summed E-state index contributed by atoms with van der Waals surface area (Å²) in [5.74, 6) is 0. The maximum atomic E-state index is 5.91. The Morgan fingerprint density at radius 1 is 1.29 bits per heavy atom. The van der Waals surface area contributed by atoms with Crippen LogP contribution in [-0.4, -0.2) is 18.8 Å². The zero-order valence-electron chi connectivity index (χ0n) is 4.60. The molecule has 46 valence electrons. The van der Waals surface area contributed by atoms with Crippen LogP contribution in [0.3, 0.4) is 0 Å². The standard InChI is InChI=1S/C3H9ClS3/c1-5-7(3,4)6-2/h1-3H3. The van der Waals surface area contributed by atoms with E-state index < -0.39 is 7.31 Å². The zero-order valence-corrected chi connectivity index (χ0v) is 7.81. The van der Waals surface area contributed by atoms with Crippen molar-refractivity contribution in [3.8, 4) is 0 Å². The van der Waals surface area contributed by atoms with Gasteiger partial charge < -0.3 is 0 Å². The largest absolute Gasteiger partial charge is 0.0933 e. The minimum absolute atomic E-state index is 0.852. The van der Waals surface area contributed by atoms with Gasteiger partial charge in [0.1, 0.15) is 0 Å². The van der Waals surface area contributed by atoms with Crippen molar-refractivity contribution in [1.82, 2.24) is 0 Å². The van der Waals surface area contributed by atoms with E-state index in [0.29, 0.717) is 0 Å². The molecule has 0 aromatic heterocycles. The number of hydrogen-bond acceptors (Lipinski definition) is 2. The summed E-state index contributed by atoms with van der Waals surface area (Å²) < 4.78 is 0. The summed E-state index contributed by atoms with van der Waals surface area (Å²) in [4.78, 5) is 0. The molecule has 0 amide bonds. The van der Waals surface area contributed by atoms with Crippen LogP contribution < -0.4 is 0 Å². The van der Waals surface area contributed by atoms with Crippen LogP contribution in [0.4, 0.5) is 0 Å². The fraction of sp³-hybridized carbons (Fsp3) is 1.00. The van der Waals surface area contributed by atoms with Crippen molar-refractivity contribution in [2.24, 2.45) is 0 Å². The molecule has 0 bridgehead atoms. The van der Waals surface area contributed by atoms with Gasteiger partial charge in [0, 0.05) is 0 Å². The van der Waals surface area contributed by atoms with Crippen LogP contribution in [0.15, 0.2) is 0 Å². The summed E-state index contributed by atoms with van der Waals surface area (Å²) in [6.07, 6.45) is 6.15. The summed E-state index contributed by atoms with van der Waals surface area (Å²) in [5, 5.41) is 0. The van der Waals surface area contributed by atoms with Gasteiger partial charge in [0.2, 0.25) is 0 Å². The average molecular weight is 177 g/mol. The van der Waals surface area contributed by atoms with Crippen molar-refractivity contribution in [3.63, 3.8) is 0 Å². The second-order valence-electron chi connectivity index (χ2n) is 1.01. The molecule has 0 spiro atoms. The first-order valence-corrected chi connectivity index (χ1v) is 8.06. The van der Waals surface area contributed by atoms with E-state index in [0.717, 1.165) is 0 Å². The lowest BCUT2D eigenvalue weighted by molar-refractivity contribution is 2.47. The minimum atomic E-state index is -0.852. The van der Waals surface area contributed by atoms with Crippen LogP contribution in [0.5, 0.6) is 0 Å². The molecule has 0 aromatic rings. The van der Waals surface area contributed by atoms with Crippen LogP contribution in [0.2, 0.25) is 0 Å². The third-order valence-corrected chi connectivity index (χ3v) is 10.1. The van der Waals surface area contributed by atoms with Gasteiger partial charge in [-0.1, -0.05) is 28.9 Å². The highest BCUT2D eigenvalue weighted by atomic mass is 35.8. The highest BCUT2D eigenvalue weighted by Crippen LogP contribution is 2.68. The molecule has 0 aliphatic rings. The molecule has 0 radical (unpaired) electrons. The van der Waals surface area contributed by atoms with E-state index in [1.165, 1.54) is 0 Å². The SMILES string of the molecule is CSS(C)(Cl)SC. The van der Waals surface area contributed by atoms with Crippen LogP contribution in [-0.2, 0) is 0 Å². The van der Waals surface area contributed by atoms with Gasteiger partial charge in [0.05, 0.1) is 0 Å². The van der Waals surface area contributed by atoms with Gasteiger partial charge in [0.25, 0.3) is 0 Å². The summed E-state index contributed by atoms with van der Waals surface area (Å²) in [7, 11) is 8.54. The van der Waals surface area contributed by atoms with Crippen LogP contribution in [0.1, 0.15) is 0 Å². The Kier molecular flexibility index (Phi) is 4.03. The van der Waals surface area contributed by atoms with Gasteiger partial charge in [0.15, 0.2) is 0 Å². The molecule has 0 aromatic carbocycles. The summed E-state index contributed by atoms with van der Waals surface area (Å²) in [6.45, 7) is 0. The Bertz CT molecular complexity index is 48.1. The highest BCUT2D eigenvalue weighted by Gasteiger charge is 2.08. The lowest BCUT2D eigenvalue weighted by Crippen LogP contribution is -1.67. The molecule has 4 heteroatoms. The van der Waals surface area contributed by atoms with Gasteiger partial charge in [-0.2, -0.15) is 0 Å². The molecule has 0 unspecified atom stereocenters. The topological polar surface area (TPSA) is 0 Å². The zero-order chi connectivity index (χ0) is 5.91. The van der Waals surface area contributed by atoms with E-state index in [-0.39, 0.29) is 0 Å². The molecule has 0 saturated heterocycles. The highest BCUT2D eigenvalue weighted by molar-refractivity contribution is 9.31. The number of hydrogen-bond donors (Lipinski definition) is 0. The Labute approximate surface area is 58.4 Å². The van der Waals surface area contributed by atoms with Gasteiger partial charge in [-0.05, 0) is 29.4 Å². The van der Waals surface area contributed by atoms with E-state index in [2.05, 4.69) is 6.26 Å². The number of halogens is 1. The molecule has 0 fully saturated rings. The summed E-state index contributed by atoms with van der Waals surface area (Å²) in [6, 6.07) is 0. The minimum Gasteiger partial charge on any atom is -0.0933 e. The van der Waals surface area contributed by atoms with Crippen LogP contribution in [0.25, 0.3) is 0 Å². The molecular formula is C3H9ClS3. The average Bonchev–Trinajstić information content (AvgIpc) is 1.68. The Hall–Kier alpha value is 1.34. The van der Waals surface area contributed by atoms with Gasteiger partial charge in [-0.3, -0.25) is 0 Å². The first-order valence-electron chi connectivity index (χ1n) is 1.71. The van der Waals surface area contributed by atoms with Crippen molar-refractivity contribution in [2.45, 2.75) is 0 Å². The summed E-state index contributed by atoms with van der Waals surface area (Å²) >= 11 is 0. The van der Waals surface area contributed by atoms with Crippen molar-refractivity contribution in [2.75, 3.05) is 18.8 Å². The molecule has 0 saturated carbocycles. The van der Waals surface area contributed by atoms with E-state index in [1.807, 2.05) is 12.5 Å². The predicted molar refractivity (Wildman–Crippen MR) is 46.4 cm³/mol. The fourth-order valence-electron chi connectivity index (χ4n) is 0.0680. The van der Waals surface area contributed by atoms with Gasteiger partial charge in [-0.15, -0.1) is 0 Å². The monoisotopic (exact) mass is 176 g/mol. The Morgan fingerprint density at radius 3 is 1.57 bits per heavy atom. The first kappa shape index (κ1) is 8.34. The molecule has 0 rings (SSSR count). The van der Waals surface area contributed by atoms with Gasteiger partial charge >= 0.3 is 0 Å². The molecule has 0 nitrogen and oxygen atoms in total. The predicted octanol–water partition coefficient (Wildman–Crippen LogP) is 3.13. The maximum Gasteiger partial charge on any atom is -0.00367 e. The molecular weight excluding hydrogens is 168 g/mol. The Morgan fingerprint density at radius 2 is 1.57 bits per heavy atom. The van der Waals surface area contributed by atoms with E-state index in [4.69, 9.17) is 10.7 Å². The molecule has 7 heavy (non-hydrogen) atoms. The molecule has 0 N–H and O–H groups in total. The smallest absolute Gasteiger partial charge is 0.00367 e. The lowest BCUT2D eigenvalue weighted by Gasteiger charge is -2.20. The molecule has 0 aliphatic heterocycles. The van der Waals surface area contributed by atoms with Crippen LogP contribution >= 0.6 is 39.6 Å². The van der Waals surface area contributed by atoms with Crippen LogP contribution in [0, 0.1) is 0 Å². The number of rotatable bonds is 2. The summed E-state index contributed by atoms with van der Waals surface area (Å²) in [5.41, 5.74) is 0. The van der Waals surface area contributed by atoms with E-state index in [1.54, 1.807) is 21.6 Å². The van der Waals surface area contributed by atoms with Gasteiger partial charge in [-0.25, -0.2) is 0 Å². The van der Waals surface area contributed by atoms with Crippen molar-refractivity contribution in [1.29, 1.82) is 0 Å². The van der Waals surface area contributed by atoms with Crippen molar-refractivity contribution >= 4 is 39.6 Å². The third kappa shape index (κ3) is 3.88. The fourth-order valence-corrected chi connectivity index (χ4v) is 1.84. The molecule has 0 heterocycles.